The van der Waals surface area contributed by atoms with Crippen LogP contribution in [0.3, 0.4) is 0 Å². The summed E-state index contributed by atoms with van der Waals surface area (Å²) in [5, 5.41) is 3.62. The zero-order valence-electron chi connectivity index (χ0n) is 12.7. The fraction of sp³-hybridized carbons (Fsp3) is 0.389. The van der Waals surface area contributed by atoms with Crippen molar-refractivity contribution in [3.8, 4) is 5.75 Å². The van der Waals surface area contributed by atoms with Crippen molar-refractivity contribution in [3.63, 3.8) is 0 Å². The molecule has 0 fully saturated rings. The maximum absolute atomic E-state index is 5.78. The van der Waals surface area contributed by atoms with Gasteiger partial charge in [0, 0.05) is 30.8 Å². The Kier molecular flexibility index (Phi) is 4.20. The van der Waals surface area contributed by atoms with E-state index in [2.05, 4.69) is 48.4 Å². The second-order valence-corrected chi connectivity index (χ2v) is 5.84. The number of pyridine rings is 1. The molecule has 1 N–H and O–H groups in total. The van der Waals surface area contributed by atoms with Gasteiger partial charge < -0.3 is 10.1 Å². The normalized spacial score (nSPS) is 17.4. The second kappa shape index (κ2) is 6.27. The lowest BCUT2D eigenvalue weighted by molar-refractivity contribution is 0.251. The SMILES string of the molecule is CC(C)c1ccc2c(c1)C(NCc1ccccn1)CCO2. The van der Waals surface area contributed by atoms with Crippen molar-refractivity contribution in [2.75, 3.05) is 6.61 Å². The Hall–Kier alpha value is -1.87. The average Bonchev–Trinajstić information content (AvgIpc) is 2.53. The molecule has 1 aromatic heterocycles. The molecule has 2 aromatic rings. The third kappa shape index (κ3) is 3.24. The number of nitrogens with one attached hydrogen (secondary N) is 1. The van der Waals surface area contributed by atoms with Crippen molar-refractivity contribution in [1.29, 1.82) is 0 Å². The summed E-state index contributed by atoms with van der Waals surface area (Å²) < 4.78 is 5.78. The number of hydrogen-bond donors (Lipinski definition) is 1. The van der Waals surface area contributed by atoms with Crippen LogP contribution < -0.4 is 10.1 Å². The maximum Gasteiger partial charge on any atom is 0.124 e. The van der Waals surface area contributed by atoms with Gasteiger partial charge in [-0.25, -0.2) is 0 Å². The molecule has 1 aliphatic heterocycles. The Labute approximate surface area is 126 Å². The number of benzene rings is 1. The third-order valence-electron chi connectivity index (χ3n) is 4.00. The van der Waals surface area contributed by atoms with Crippen LogP contribution >= 0.6 is 0 Å². The van der Waals surface area contributed by atoms with Gasteiger partial charge in [0.1, 0.15) is 5.75 Å². The first-order valence-corrected chi connectivity index (χ1v) is 7.64. The first-order chi connectivity index (χ1) is 10.2. The molecule has 1 unspecified atom stereocenters. The topological polar surface area (TPSA) is 34.2 Å². The van der Waals surface area contributed by atoms with E-state index in [0.717, 1.165) is 31.0 Å². The molecule has 0 saturated carbocycles. The summed E-state index contributed by atoms with van der Waals surface area (Å²) in [6.45, 7) is 6.01. The van der Waals surface area contributed by atoms with Crippen LogP contribution in [0.2, 0.25) is 0 Å². The van der Waals surface area contributed by atoms with E-state index in [0.29, 0.717) is 12.0 Å². The summed E-state index contributed by atoms with van der Waals surface area (Å²) in [4.78, 5) is 4.37. The van der Waals surface area contributed by atoms with Crippen molar-refractivity contribution >= 4 is 0 Å². The molecule has 0 bridgehead atoms. The smallest absolute Gasteiger partial charge is 0.124 e. The van der Waals surface area contributed by atoms with Gasteiger partial charge in [-0.15, -0.1) is 0 Å². The maximum atomic E-state index is 5.78. The molecule has 1 atom stereocenters. The van der Waals surface area contributed by atoms with E-state index in [1.807, 2.05) is 18.3 Å². The van der Waals surface area contributed by atoms with Crippen LogP contribution in [0.15, 0.2) is 42.6 Å². The van der Waals surface area contributed by atoms with Gasteiger partial charge in [-0.05, 0) is 29.7 Å². The Morgan fingerprint density at radius 3 is 2.95 bits per heavy atom. The van der Waals surface area contributed by atoms with E-state index in [9.17, 15) is 0 Å². The first-order valence-electron chi connectivity index (χ1n) is 7.64. The van der Waals surface area contributed by atoms with Gasteiger partial charge in [0.2, 0.25) is 0 Å². The van der Waals surface area contributed by atoms with Crippen molar-refractivity contribution in [3.05, 3.63) is 59.4 Å². The van der Waals surface area contributed by atoms with E-state index < -0.39 is 0 Å². The molecular formula is C18H22N2O. The van der Waals surface area contributed by atoms with Gasteiger partial charge in [-0.1, -0.05) is 32.0 Å². The lowest BCUT2D eigenvalue weighted by Gasteiger charge is -2.27. The monoisotopic (exact) mass is 282 g/mol. The Morgan fingerprint density at radius 2 is 2.19 bits per heavy atom. The lowest BCUT2D eigenvalue weighted by Crippen LogP contribution is -2.27. The number of aromatic nitrogens is 1. The summed E-state index contributed by atoms with van der Waals surface area (Å²) in [6.07, 6.45) is 2.84. The van der Waals surface area contributed by atoms with Gasteiger partial charge >= 0.3 is 0 Å². The number of nitrogens with zero attached hydrogens (tertiary/aromatic N) is 1. The minimum Gasteiger partial charge on any atom is -0.493 e. The molecule has 3 nitrogen and oxygen atoms in total. The van der Waals surface area contributed by atoms with Gasteiger partial charge in [0.15, 0.2) is 0 Å². The highest BCUT2D eigenvalue weighted by Crippen LogP contribution is 2.34. The first kappa shape index (κ1) is 14.1. The molecule has 1 aliphatic rings. The van der Waals surface area contributed by atoms with E-state index in [1.54, 1.807) is 0 Å². The summed E-state index contributed by atoms with van der Waals surface area (Å²) in [6, 6.07) is 12.9. The van der Waals surface area contributed by atoms with E-state index in [1.165, 1.54) is 11.1 Å². The predicted octanol–water partition coefficient (Wildman–Crippen LogP) is 3.82. The number of hydrogen-bond acceptors (Lipinski definition) is 3. The fourth-order valence-electron chi connectivity index (χ4n) is 2.71. The number of fused-ring (bicyclic) bond motifs is 1. The molecule has 2 heterocycles. The molecular weight excluding hydrogens is 260 g/mol. The molecule has 3 rings (SSSR count). The zero-order chi connectivity index (χ0) is 14.7. The van der Waals surface area contributed by atoms with Gasteiger partial charge in [0.25, 0.3) is 0 Å². The minimum atomic E-state index is 0.342. The zero-order valence-corrected chi connectivity index (χ0v) is 12.7. The van der Waals surface area contributed by atoms with Gasteiger partial charge in [0.05, 0.1) is 12.3 Å². The lowest BCUT2D eigenvalue weighted by atomic mass is 9.94. The highest BCUT2D eigenvalue weighted by Gasteiger charge is 2.21. The summed E-state index contributed by atoms with van der Waals surface area (Å²) in [7, 11) is 0. The van der Waals surface area contributed by atoms with Crippen LogP contribution in [0.4, 0.5) is 0 Å². The van der Waals surface area contributed by atoms with E-state index >= 15 is 0 Å². The molecule has 0 spiro atoms. The standard InChI is InChI=1S/C18H22N2O/c1-13(2)14-6-7-18-16(11-14)17(8-10-21-18)20-12-15-5-3-4-9-19-15/h3-7,9,11,13,17,20H,8,10,12H2,1-2H3. The van der Waals surface area contributed by atoms with Crippen LogP contribution in [0.1, 0.15) is 49.0 Å². The van der Waals surface area contributed by atoms with Crippen molar-refractivity contribution < 1.29 is 4.74 Å². The largest absolute Gasteiger partial charge is 0.493 e. The number of rotatable bonds is 4. The molecule has 0 amide bonds. The minimum absolute atomic E-state index is 0.342. The van der Waals surface area contributed by atoms with Gasteiger partial charge in [-0.3, -0.25) is 4.98 Å². The van der Waals surface area contributed by atoms with E-state index in [-0.39, 0.29) is 0 Å². The van der Waals surface area contributed by atoms with Crippen LogP contribution in [0.5, 0.6) is 5.75 Å². The Balaban J connectivity index is 1.77. The highest BCUT2D eigenvalue weighted by molar-refractivity contribution is 5.41. The molecule has 110 valence electrons. The molecule has 3 heteroatoms. The summed E-state index contributed by atoms with van der Waals surface area (Å²) in [5.41, 5.74) is 3.72. The molecule has 0 aliphatic carbocycles. The van der Waals surface area contributed by atoms with Crippen molar-refractivity contribution in [2.24, 2.45) is 0 Å². The second-order valence-electron chi connectivity index (χ2n) is 5.84. The van der Waals surface area contributed by atoms with Crippen LogP contribution in [0.25, 0.3) is 0 Å². The van der Waals surface area contributed by atoms with Crippen LogP contribution in [0, 0.1) is 0 Å². The third-order valence-corrected chi connectivity index (χ3v) is 4.00. The quantitative estimate of drug-likeness (QED) is 0.925. The molecule has 21 heavy (non-hydrogen) atoms. The van der Waals surface area contributed by atoms with Crippen molar-refractivity contribution in [2.45, 2.75) is 38.8 Å². The summed E-state index contributed by atoms with van der Waals surface area (Å²) in [5.74, 6) is 1.55. The molecule has 0 saturated heterocycles. The Bertz CT molecular complexity index is 595. The summed E-state index contributed by atoms with van der Waals surface area (Å²) >= 11 is 0. The predicted molar refractivity (Wildman–Crippen MR) is 84.5 cm³/mol. The average molecular weight is 282 g/mol. The number of ether oxygens (including phenoxy) is 1. The fourth-order valence-corrected chi connectivity index (χ4v) is 2.71. The van der Waals surface area contributed by atoms with E-state index in [4.69, 9.17) is 4.74 Å². The Morgan fingerprint density at radius 1 is 1.29 bits per heavy atom. The van der Waals surface area contributed by atoms with Crippen LogP contribution in [-0.4, -0.2) is 11.6 Å². The van der Waals surface area contributed by atoms with Crippen molar-refractivity contribution in [1.82, 2.24) is 10.3 Å². The van der Waals surface area contributed by atoms with Gasteiger partial charge in [-0.2, -0.15) is 0 Å². The molecule has 0 radical (unpaired) electrons. The van der Waals surface area contributed by atoms with Crippen LogP contribution in [-0.2, 0) is 6.54 Å². The molecule has 1 aromatic carbocycles. The highest BCUT2D eigenvalue weighted by atomic mass is 16.5.